The largest absolute Gasteiger partial charge is 0.505 e. The molecule has 0 bridgehead atoms. The summed E-state index contributed by atoms with van der Waals surface area (Å²) >= 11 is 0. The van der Waals surface area contributed by atoms with Gasteiger partial charge in [-0.05, 0) is 55.0 Å². The highest BCUT2D eigenvalue weighted by molar-refractivity contribution is 5.93. The number of nitrogens with zero attached hydrogens (tertiary/aromatic N) is 3. The van der Waals surface area contributed by atoms with Crippen molar-refractivity contribution in [2.75, 3.05) is 13.2 Å². The van der Waals surface area contributed by atoms with Crippen LogP contribution in [-0.2, 0) is 4.74 Å². The fourth-order valence-electron chi connectivity index (χ4n) is 4.20. The highest BCUT2D eigenvalue weighted by Gasteiger charge is 2.16. The molecule has 0 fully saturated rings. The van der Waals surface area contributed by atoms with Gasteiger partial charge in [0.15, 0.2) is 0 Å². The van der Waals surface area contributed by atoms with Gasteiger partial charge in [0, 0.05) is 6.07 Å². The van der Waals surface area contributed by atoms with Gasteiger partial charge in [0.2, 0.25) is 0 Å². The van der Waals surface area contributed by atoms with Crippen molar-refractivity contribution in [3.05, 3.63) is 42.0 Å². The highest BCUT2D eigenvalue weighted by Crippen LogP contribution is 2.28. The number of phenols is 1. The molecule has 7 nitrogen and oxygen atoms in total. The molecule has 1 aromatic heterocycles. The Hall–Kier alpha value is -3.09. The first kappa shape index (κ1) is 27.5. The number of aromatic hydroxyl groups is 1. The van der Waals surface area contributed by atoms with Gasteiger partial charge in [-0.2, -0.15) is 0 Å². The topological polar surface area (TPSA) is 86.5 Å². The number of carbonyl (C=O) groups is 1. The Morgan fingerprint density at radius 3 is 2.19 bits per heavy atom. The second-order valence-corrected chi connectivity index (χ2v) is 9.59. The molecule has 0 aliphatic carbocycles. The van der Waals surface area contributed by atoms with Crippen molar-refractivity contribution < 1.29 is 19.4 Å². The van der Waals surface area contributed by atoms with E-state index < -0.39 is 0 Å². The molecule has 0 saturated carbocycles. The predicted octanol–water partition coefficient (Wildman–Crippen LogP) is 7.09. The molecule has 2 aromatic carbocycles. The van der Waals surface area contributed by atoms with Crippen molar-refractivity contribution in [1.82, 2.24) is 15.0 Å². The van der Waals surface area contributed by atoms with E-state index in [-0.39, 0.29) is 11.7 Å². The van der Waals surface area contributed by atoms with Crippen LogP contribution in [0.4, 0.5) is 0 Å². The van der Waals surface area contributed by atoms with Gasteiger partial charge in [-0.15, -0.1) is 15.0 Å². The van der Waals surface area contributed by atoms with Crippen LogP contribution in [0.1, 0.15) is 89.4 Å². The number of carbonyl (C=O) groups excluding carboxylic acids is 1. The molecule has 0 aliphatic heterocycles. The van der Waals surface area contributed by atoms with Crippen molar-refractivity contribution in [3.8, 4) is 17.2 Å². The summed E-state index contributed by atoms with van der Waals surface area (Å²) in [6.07, 6.45) is 8.94. The molecule has 1 N–H and O–H groups in total. The molecule has 3 aromatic rings. The number of rotatable bonds is 15. The van der Waals surface area contributed by atoms with Crippen molar-refractivity contribution in [1.29, 1.82) is 0 Å². The van der Waals surface area contributed by atoms with E-state index in [1.54, 1.807) is 30.3 Å². The van der Waals surface area contributed by atoms with E-state index in [1.807, 2.05) is 6.07 Å². The Balaban J connectivity index is 1.67. The molecule has 0 spiro atoms. The SMILES string of the molecule is CCCCC(CC)COC(=O)c1ccc2nn(-c3ccc(OCC(CC)CCCC)cc3O)nc2c1. The zero-order chi connectivity index (χ0) is 25.9. The van der Waals surface area contributed by atoms with E-state index in [1.165, 1.54) is 17.6 Å². The van der Waals surface area contributed by atoms with Gasteiger partial charge >= 0.3 is 5.97 Å². The third-order valence-electron chi connectivity index (χ3n) is 6.80. The monoisotopic (exact) mass is 495 g/mol. The van der Waals surface area contributed by atoms with E-state index in [0.29, 0.717) is 53.1 Å². The number of fused-ring (bicyclic) bond motifs is 1. The first-order valence-corrected chi connectivity index (χ1v) is 13.5. The van der Waals surface area contributed by atoms with Crippen LogP contribution in [0.2, 0.25) is 0 Å². The van der Waals surface area contributed by atoms with Crippen LogP contribution >= 0.6 is 0 Å². The van der Waals surface area contributed by atoms with Crippen LogP contribution in [0.15, 0.2) is 36.4 Å². The fraction of sp³-hybridized carbons (Fsp3) is 0.552. The second kappa shape index (κ2) is 13.9. The van der Waals surface area contributed by atoms with Gasteiger partial charge in [0.1, 0.15) is 28.2 Å². The van der Waals surface area contributed by atoms with E-state index in [9.17, 15) is 9.90 Å². The number of unbranched alkanes of at least 4 members (excludes halogenated alkanes) is 2. The van der Waals surface area contributed by atoms with E-state index in [4.69, 9.17) is 9.47 Å². The minimum Gasteiger partial charge on any atom is -0.505 e. The lowest BCUT2D eigenvalue weighted by Crippen LogP contribution is -2.14. The third kappa shape index (κ3) is 7.45. The number of ether oxygens (including phenoxy) is 2. The maximum Gasteiger partial charge on any atom is 0.338 e. The zero-order valence-corrected chi connectivity index (χ0v) is 22.2. The van der Waals surface area contributed by atoms with Crippen LogP contribution in [-0.4, -0.2) is 39.3 Å². The van der Waals surface area contributed by atoms with Gasteiger partial charge in [0.25, 0.3) is 0 Å². The summed E-state index contributed by atoms with van der Waals surface area (Å²) in [5, 5.41) is 19.6. The van der Waals surface area contributed by atoms with Crippen LogP contribution < -0.4 is 4.74 Å². The number of hydrogen-bond donors (Lipinski definition) is 1. The average Bonchev–Trinajstić information content (AvgIpc) is 3.32. The van der Waals surface area contributed by atoms with Crippen molar-refractivity contribution >= 4 is 17.0 Å². The van der Waals surface area contributed by atoms with Gasteiger partial charge in [-0.3, -0.25) is 0 Å². The maximum atomic E-state index is 12.6. The Morgan fingerprint density at radius 2 is 1.56 bits per heavy atom. The summed E-state index contributed by atoms with van der Waals surface area (Å²) in [5.41, 5.74) is 2.08. The van der Waals surface area contributed by atoms with Gasteiger partial charge in [-0.25, -0.2) is 4.79 Å². The molecule has 0 saturated heterocycles. The number of aromatic nitrogens is 3. The Bertz CT molecular complexity index is 1110. The summed E-state index contributed by atoms with van der Waals surface area (Å²) in [7, 11) is 0. The standard InChI is InChI=1S/C29H41N3O4/c1-5-9-11-21(7-3)19-35-24-14-16-27(28(33)18-24)32-30-25-15-13-23(17-26(25)31-32)29(34)36-20-22(8-4)12-10-6-2/h13-18,21-22,33H,5-12,19-20H2,1-4H3. The molecule has 196 valence electrons. The molecule has 2 unspecified atom stereocenters. The van der Waals surface area contributed by atoms with Crippen LogP contribution in [0.5, 0.6) is 11.5 Å². The maximum absolute atomic E-state index is 12.6. The van der Waals surface area contributed by atoms with Crippen molar-refractivity contribution in [3.63, 3.8) is 0 Å². The van der Waals surface area contributed by atoms with Gasteiger partial charge < -0.3 is 14.6 Å². The molecule has 1 heterocycles. The lowest BCUT2D eigenvalue weighted by Gasteiger charge is -2.16. The van der Waals surface area contributed by atoms with Crippen LogP contribution in [0, 0.1) is 11.8 Å². The first-order valence-electron chi connectivity index (χ1n) is 13.5. The number of benzene rings is 2. The van der Waals surface area contributed by atoms with Gasteiger partial charge in [-0.1, -0.05) is 66.2 Å². The van der Waals surface area contributed by atoms with Crippen molar-refractivity contribution in [2.24, 2.45) is 11.8 Å². The summed E-state index contributed by atoms with van der Waals surface area (Å²) < 4.78 is 11.5. The van der Waals surface area contributed by atoms with E-state index in [2.05, 4.69) is 37.9 Å². The van der Waals surface area contributed by atoms with Crippen LogP contribution in [0.3, 0.4) is 0 Å². The highest BCUT2D eigenvalue weighted by atomic mass is 16.5. The number of hydrogen-bond acceptors (Lipinski definition) is 6. The fourth-order valence-corrected chi connectivity index (χ4v) is 4.20. The van der Waals surface area contributed by atoms with E-state index >= 15 is 0 Å². The third-order valence-corrected chi connectivity index (χ3v) is 6.80. The smallest absolute Gasteiger partial charge is 0.338 e. The molecular formula is C29H41N3O4. The molecule has 7 heteroatoms. The van der Waals surface area contributed by atoms with Crippen LogP contribution in [0.25, 0.3) is 16.7 Å². The Morgan fingerprint density at radius 1 is 0.889 bits per heavy atom. The number of phenolic OH excluding ortho intramolecular Hbond substituents is 1. The summed E-state index contributed by atoms with van der Waals surface area (Å²) in [6, 6.07) is 10.3. The molecule has 0 amide bonds. The number of esters is 1. The molecule has 3 rings (SSSR count). The van der Waals surface area contributed by atoms with E-state index in [0.717, 1.165) is 38.5 Å². The molecule has 0 radical (unpaired) electrons. The molecule has 0 aliphatic rings. The van der Waals surface area contributed by atoms with Gasteiger partial charge in [0.05, 0.1) is 18.8 Å². The molecule has 2 atom stereocenters. The molecule has 36 heavy (non-hydrogen) atoms. The Labute approximate surface area is 214 Å². The Kier molecular flexibility index (Phi) is 10.6. The molecular weight excluding hydrogens is 454 g/mol. The predicted molar refractivity (Wildman–Crippen MR) is 143 cm³/mol. The minimum absolute atomic E-state index is 0.0340. The summed E-state index contributed by atoms with van der Waals surface area (Å²) in [4.78, 5) is 14.0. The summed E-state index contributed by atoms with van der Waals surface area (Å²) in [6.45, 7) is 9.73. The lowest BCUT2D eigenvalue weighted by molar-refractivity contribution is 0.0428. The summed E-state index contributed by atoms with van der Waals surface area (Å²) in [5.74, 6) is 1.20. The lowest BCUT2D eigenvalue weighted by atomic mass is 10.0. The second-order valence-electron chi connectivity index (χ2n) is 9.59. The quantitative estimate of drug-likeness (QED) is 0.226. The first-order chi connectivity index (χ1) is 17.5. The minimum atomic E-state index is -0.352. The average molecular weight is 496 g/mol. The van der Waals surface area contributed by atoms with Crippen molar-refractivity contribution in [2.45, 2.75) is 79.1 Å². The zero-order valence-electron chi connectivity index (χ0n) is 22.2. The normalized spacial score (nSPS) is 13.0.